The third kappa shape index (κ3) is 2.03. The van der Waals surface area contributed by atoms with Crippen molar-refractivity contribution in [2.45, 2.75) is 19.4 Å². The fourth-order valence-electron chi connectivity index (χ4n) is 1.80. The molecule has 0 aliphatic carbocycles. The highest BCUT2D eigenvalue weighted by Crippen LogP contribution is 2.17. The number of hydrogen-bond acceptors (Lipinski definition) is 4. The molecule has 0 radical (unpaired) electrons. The Kier molecular flexibility index (Phi) is 3.02. The van der Waals surface area contributed by atoms with Crippen LogP contribution in [0.25, 0.3) is 0 Å². The Morgan fingerprint density at radius 3 is 3.07 bits per heavy atom. The summed E-state index contributed by atoms with van der Waals surface area (Å²) in [6, 6.07) is 0.332. The van der Waals surface area contributed by atoms with Gasteiger partial charge < -0.3 is 10.2 Å². The summed E-state index contributed by atoms with van der Waals surface area (Å²) in [4.78, 5) is 18.8. The van der Waals surface area contributed by atoms with Crippen molar-refractivity contribution in [2.75, 3.05) is 20.1 Å². The molecule has 1 saturated heterocycles. The van der Waals surface area contributed by atoms with E-state index in [4.69, 9.17) is 0 Å². The zero-order chi connectivity index (χ0) is 10.8. The summed E-state index contributed by atoms with van der Waals surface area (Å²) in [6.07, 6.45) is 1.04. The molecule has 2 heterocycles. The minimum Gasteiger partial charge on any atom is -0.337 e. The number of nitrogens with one attached hydrogen (secondary N) is 1. The van der Waals surface area contributed by atoms with E-state index in [-0.39, 0.29) is 5.91 Å². The third-order valence-corrected chi connectivity index (χ3v) is 3.76. The summed E-state index contributed by atoms with van der Waals surface area (Å²) in [7, 11) is 1.87. The molecule has 0 saturated carbocycles. The van der Waals surface area contributed by atoms with Gasteiger partial charge >= 0.3 is 0 Å². The van der Waals surface area contributed by atoms with E-state index < -0.39 is 0 Å². The Hall–Kier alpha value is -0.940. The first-order valence-electron chi connectivity index (χ1n) is 5.08. The number of carbonyl (C=O) groups is 1. The summed E-state index contributed by atoms with van der Waals surface area (Å²) >= 11 is 1.42. The monoisotopic (exact) mass is 225 g/mol. The van der Waals surface area contributed by atoms with Crippen molar-refractivity contribution in [3.63, 3.8) is 0 Å². The van der Waals surface area contributed by atoms with Gasteiger partial charge in [-0.05, 0) is 19.9 Å². The van der Waals surface area contributed by atoms with Crippen LogP contribution in [-0.4, -0.2) is 42.0 Å². The number of aromatic nitrogens is 1. The standard InChI is InChI=1S/C10H15N3OS/c1-7-9(15-6-12-7)10(14)13(2)8-3-4-11-5-8/h6,8,11H,3-5H2,1-2H3. The lowest BCUT2D eigenvalue weighted by Crippen LogP contribution is -2.38. The van der Waals surface area contributed by atoms with Crippen molar-refractivity contribution in [3.05, 3.63) is 16.1 Å². The molecule has 2 rings (SSSR count). The molecule has 0 aromatic carbocycles. The summed E-state index contributed by atoms with van der Waals surface area (Å²) in [5.74, 6) is 0.101. The van der Waals surface area contributed by atoms with Crippen LogP contribution >= 0.6 is 11.3 Å². The molecule has 1 aromatic rings. The summed E-state index contributed by atoms with van der Waals surface area (Å²) in [5.41, 5.74) is 2.56. The molecule has 1 aliphatic heterocycles. The molecule has 1 aromatic heterocycles. The van der Waals surface area contributed by atoms with Gasteiger partial charge in [-0.1, -0.05) is 0 Å². The van der Waals surface area contributed by atoms with Gasteiger partial charge in [0.15, 0.2) is 0 Å². The van der Waals surface area contributed by atoms with Crippen LogP contribution in [-0.2, 0) is 0 Å². The van der Waals surface area contributed by atoms with Crippen molar-refractivity contribution >= 4 is 17.2 Å². The maximum absolute atomic E-state index is 12.1. The number of aryl methyl sites for hydroxylation is 1. The van der Waals surface area contributed by atoms with Crippen LogP contribution in [0.15, 0.2) is 5.51 Å². The number of hydrogen-bond donors (Lipinski definition) is 1. The second kappa shape index (κ2) is 4.28. The van der Waals surface area contributed by atoms with Crippen LogP contribution in [0.1, 0.15) is 21.8 Å². The molecule has 1 atom stereocenters. The lowest BCUT2D eigenvalue weighted by Gasteiger charge is -2.23. The van der Waals surface area contributed by atoms with Crippen molar-refractivity contribution < 1.29 is 4.79 Å². The molecule has 1 N–H and O–H groups in total. The van der Waals surface area contributed by atoms with Gasteiger partial charge in [-0.2, -0.15) is 0 Å². The van der Waals surface area contributed by atoms with Crippen LogP contribution < -0.4 is 5.32 Å². The van der Waals surface area contributed by atoms with Gasteiger partial charge in [-0.3, -0.25) is 4.79 Å². The molecule has 82 valence electrons. The second-order valence-corrected chi connectivity index (χ2v) is 4.68. The first kappa shape index (κ1) is 10.6. The largest absolute Gasteiger partial charge is 0.337 e. The van der Waals surface area contributed by atoms with Gasteiger partial charge in [-0.25, -0.2) is 4.98 Å². The topological polar surface area (TPSA) is 45.2 Å². The number of amides is 1. The Bertz CT molecular complexity index is 357. The highest BCUT2D eigenvalue weighted by atomic mass is 32.1. The molecule has 1 unspecified atom stereocenters. The lowest BCUT2D eigenvalue weighted by molar-refractivity contribution is 0.0747. The highest BCUT2D eigenvalue weighted by molar-refractivity contribution is 7.11. The first-order valence-corrected chi connectivity index (χ1v) is 5.96. The number of likely N-dealkylation sites (N-methyl/N-ethyl adjacent to an activating group) is 1. The van der Waals surface area contributed by atoms with Gasteiger partial charge in [0.05, 0.1) is 11.2 Å². The van der Waals surface area contributed by atoms with E-state index in [0.29, 0.717) is 6.04 Å². The van der Waals surface area contributed by atoms with Gasteiger partial charge in [0.1, 0.15) is 4.88 Å². The quantitative estimate of drug-likeness (QED) is 0.813. The van der Waals surface area contributed by atoms with Crippen LogP contribution in [0, 0.1) is 6.92 Å². The summed E-state index contributed by atoms with van der Waals surface area (Å²) in [5, 5.41) is 3.26. The average molecular weight is 225 g/mol. The van der Waals surface area contributed by atoms with Crippen molar-refractivity contribution in [2.24, 2.45) is 0 Å². The summed E-state index contributed by atoms with van der Waals surface area (Å²) < 4.78 is 0. The third-order valence-electron chi connectivity index (χ3n) is 2.84. The fourth-order valence-corrected chi connectivity index (χ4v) is 2.59. The van der Waals surface area contributed by atoms with E-state index in [1.807, 2.05) is 18.9 Å². The fraction of sp³-hybridized carbons (Fsp3) is 0.600. The Morgan fingerprint density at radius 1 is 1.73 bits per heavy atom. The first-order chi connectivity index (χ1) is 7.20. The molecule has 1 fully saturated rings. The molecule has 1 amide bonds. The van der Waals surface area contributed by atoms with Gasteiger partial charge in [-0.15, -0.1) is 11.3 Å². The summed E-state index contributed by atoms with van der Waals surface area (Å²) in [6.45, 7) is 3.79. The molecular weight excluding hydrogens is 210 g/mol. The van der Waals surface area contributed by atoms with E-state index in [1.54, 1.807) is 5.51 Å². The number of carbonyl (C=O) groups excluding carboxylic acids is 1. The van der Waals surface area contributed by atoms with Crippen LogP contribution in [0.3, 0.4) is 0 Å². The smallest absolute Gasteiger partial charge is 0.265 e. The molecule has 1 aliphatic rings. The van der Waals surface area contributed by atoms with E-state index in [0.717, 1.165) is 30.1 Å². The molecule has 15 heavy (non-hydrogen) atoms. The Morgan fingerprint density at radius 2 is 2.53 bits per heavy atom. The van der Waals surface area contributed by atoms with Gasteiger partial charge in [0.2, 0.25) is 0 Å². The maximum Gasteiger partial charge on any atom is 0.265 e. The van der Waals surface area contributed by atoms with Crippen LogP contribution in [0.4, 0.5) is 0 Å². The average Bonchev–Trinajstić information content (AvgIpc) is 2.85. The minimum absolute atomic E-state index is 0.101. The number of rotatable bonds is 2. The van der Waals surface area contributed by atoms with Crippen molar-refractivity contribution in [3.8, 4) is 0 Å². The van der Waals surface area contributed by atoms with Crippen molar-refractivity contribution in [1.82, 2.24) is 15.2 Å². The lowest BCUT2D eigenvalue weighted by atomic mass is 10.2. The number of thiazole rings is 1. The molecule has 4 nitrogen and oxygen atoms in total. The van der Waals surface area contributed by atoms with E-state index in [9.17, 15) is 4.79 Å². The van der Waals surface area contributed by atoms with Crippen LogP contribution in [0.2, 0.25) is 0 Å². The molecule has 5 heteroatoms. The van der Waals surface area contributed by atoms with Crippen molar-refractivity contribution in [1.29, 1.82) is 0 Å². The van der Waals surface area contributed by atoms with Gasteiger partial charge in [0, 0.05) is 19.6 Å². The second-order valence-electron chi connectivity index (χ2n) is 3.83. The van der Waals surface area contributed by atoms with E-state index in [1.165, 1.54) is 11.3 Å². The van der Waals surface area contributed by atoms with Gasteiger partial charge in [0.25, 0.3) is 5.91 Å². The maximum atomic E-state index is 12.1. The predicted molar refractivity (Wildman–Crippen MR) is 60.2 cm³/mol. The SMILES string of the molecule is Cc1ncsc1C(=O)N(C)C1CCNC1. The highest BCUT2D eigenvalue weighted by Gasteiger charge is 2.25. The predicted octanol–water partition coefficient (Wildman–Crippen LogP) is 0.885. The Balaban J connectivity index is 2.10. The Labute approximate surface area is 93.3 Å². The zero-order valence-corrected chi connectivity index (χ0v) is 9.80. The van der Waals surface area contributed by atoms with E-state index >= 15 is 0 Å². The molecule has 0 bridgehead atoms. The normalized spacial score (nSPS) is 20.5. The van der Waals surface area contributed by atoms with E-state index in [2.05, 4.69) is 10.3 Å². The number of nitrogens with zero attached hydrogens (tertiary/aromatic N) is 2. The van der Waals surface area contributed by atoms with Crippen LogP contribution in [0.5, 0.6) is 0 Å². The molecule has 0 spiro atoms. The molecular formula is C10H15N3OS. The zero-order valence-electron chi connectivity index (χ0n) is 8.99. The minimum atomic E-state index is 0.101.